The number of methoxy groups -OCH3 is 1. The Balaban J connectivity index is 1.39. The molecule has 1 amide bonds. The quantitative estimate of drug-likeness (QED) is 0.189. The zero-order valence-corrected chi connectivity index (χ0v) is 23.7. The number of carbonyl (C=O) groups is 1. The molecule has 0 atom stereocenters. The van der Waals surface area contributed by atoms with Crippen LogP contribution in [-0.4, -0.2) is 18.2 Å². The summed E-state index contributed by atoms with van der Waals surface area (Å²) >= 11 is 0. The number of rotatable bonds is 9. The normalized spacial score (nSPS) is 12.7. The van der Waals surface area contributed by atoms with E-state index in [0.717, 1.165) is 57.2 Å². The number of benzene rings is 5. The van der Waals surface area contributed by atoms with Crippen LogP contribution < -0.4 is 14.8 Å². The van der Waals surface area contributed by atoms with Gasteiger partial charge in [-0.2, -0.15) is 0 Å². The largest absolute Gasteiger partial charge is 0.497 e. The van der Waals surface area contributed by atoms with Gasteiger partial charge in [-0.3, -0.25) is 10.1 Å². The van der Waals surface area contributed by atoms with E-state index in [2.05, 4.69) is 59.0 Å². The minimum atomic E-state index is -0.0532. The average Bonchev–Trinajstić information content (AvgIpc) is 3.84. The molecule has 212 valence electrons. The highest BCUT2D eigenvalue weighted by Crippen LogP contribution is 2.44. The van der Waals surface area contributed by atoms with E-state index in [1.807, 2.05) is 66.7 Å². The Hall–Kier alpha value is -5.36. The molecule has 0 bridgehead atoms. The molecule has 0 radical (unpaired) electrons. The van der Waals surface area contributed by atoms with E-state index < -0.39 is 0 Å². The fraction of sp³-hybridized carbons (Fsp3) is 0.135. The lowest BCUT2D eigenvalue weighted by Gasteiger charge is -2.15. The highest BCUT2D eigenvalue weighted by atomic mass is 16.5. The van der Waals surface area contributed by atoms with Gasteiger partial charge in [0, 0.05) is 11.5 Å². The van der Waals surface area contributed by atoms with Gasteiger partial charge in [0.05, 0.1) is 12.7 Å². The van der Waals surface area contributed by atoms with Gasteiger partial charge in [0.2, 0.25) is 11.8 Å². The van der Waals surface area contributed by atoms with Crippen molar-refractivity contribution in [1.29, 1.82) is 0 Å². The van der Waals surface area contributed by atoms with Gasteiger partial charge in [0.1, 0.15) is 23.8 Å². The SMILES string of the molecule is COc1ccc(-c2c(-c3cc(-c4cccc5ccccc45)ccc3OCc3ccccc3)noc2NC(=O)C2CC2)cc1. The Morgan fingerprint density at radius 3 is 2.37 bits per heavy atom. The standard InChI is InChI=1S/C37H30N2O4/c1-41-29-19-16-26(17-20-29)34-35(39-43-37(34)38-36(40)27-14-15-27)32-22-28(31-13-7-11-25-10-5-6-12-30(25)31)18-21-33(32)42-23-24-8-3-2-4-9-24/h2-13,16-22,27H,14-15,23H2,1H3,(H,38,40). The van der Waals surface area contributed by atoms with E-state index >= 15 is 0 Å². The van der Waals surface area contributed by atoms with E-state index in [1.54, 1.807) is 7.11 Å². The van der Waals surface area contributed by atoms with E-state index in [9.17, 15) is 4.79 Å². The van der Waals surface area contributed by atoms with Gasteiger partial charge in [0.25, 0.3) is 0 Å². The van der Waals surface area contributed by atoms with Crippen molar-refractivity contribution in [1.82, 2.24) is 5.16 Å². The second-order valence-corrected chi connectivity index (χ2v) is 10.7. The third kappa shape index (κ3) is 5.47. The van der Waals surface area contributed by atoms with Crippen molar-refractivity contribution in [3.8, 4) is 45.0 Å². The monoisotopic (exact) mass is 566 g/mol. The van der Waals surface area contributed by atoms with Crippen molar-refractivity contribution < 1.29 is 18.8 Å². The van der Waals surface area contributed by atoms with Crippen molar-refractivity contribution >= 4 is 22.6 Å². The molecule has 1 aliphatic rings. The van der Waals surface area contributed by atoms with Crippen LogP contribution in [0.1, 0.15) is 18.4 Å². The number of carbonyl (C=O) groups excluding carboxylic acids is 1. The number of nitrogens with one attached hydrogen (secondary N) is 1. The second kappa shape index (κ2) is 11.5. The first-order valence-electron chi connectivity index (χ1n) is 14.4. The van der Waals surface area contributed by atoms with Crippen LogP contribution in [0.15, 0.2) is 120 Å². The average molecular weight is 567 g/mol. The van der Waals surface area contributed by atoms with E-state index in [1.165, 1.54) is 0 Å². The second-order valence-electron chi connectivity index (χ2n) is 10.7. The van der Waals surface area contributed by atoms with Crippen LogP contribution in [-0.2, 0) is 11.4 Å². The topological polar surface area (TPSA) is 73.6 Å². The Bertz CT molecular complexity index is 1900. The third-order valence-corrected chi connectivity index (χ3v) is 7.83. The van der Waals surface area contributed by atoms with E-state index in [-0.39, 0.29) is 11.8 Å². The summed E-state index contributed by atoms with van der Waals surface area (Å²) in [5.74, 6) is 1.67. The highest BCUT2D eigenvalue weighted by molar-refractivity contribution is 6.01. The molecule has 5 aromatic carbocycles. The summed E-state index contributed by atoms with van der Waals surface area (Å²) in [6.07, 6.45) is 1.77. The van der Waals surface area contributed by atoms with Gasteiger partial charge in [-0.05, 0) is 70.1 Å². The number of ether oxygens (including phenoxy) is 2. The fourth-order valence-corrected chi connectivity index (χ4v) is 5.37. The van der Waals surface area contributed by atoms with Crippen molar-refractivity contribution in [2.45, 2.75) is 19.4 Å². The van der Waals surface area contributed by atoms with Crippen LogP contribution in [0.5, 0.6) is 11.5 Å². The molecule has 0 unspecified atom stereocenters. The van der Waals surface area contributed by atoms with Gasteiger partial charge < -0.3 is 14.0 Å². The first-order chi connectivity index (χ1) is 21.2. The molecule has 1 saturated carbocycles. The number of amides is 1. The van der Waals surface area contributed by atoms with E-state index in [0.29, 0.717) is 29.5 Å². The molecule has 7 rings (SSSR count). The highest BCUT2D eigenvalue weighted by Gasteiger charge is 2.32. The maximum absolute atomic E-state index is 12.9. The van der Waals surface area contributed by atoms with Crippen molar-refractivity contribution in [3.63, 3.8) is 0 Å². The molecular formula is C37H30N2O4. The number of hydrogen-bond donors (Lipinski definition) is 1. The van der Waals surface area contributed by atoms with Crippen LogP contribution in [0.3, 0.4) is 0 Å². The third-order valence-electron chi connectivity index (χ3n) is 7.83. The first-order valence-corrected chi connectivity index (χ1v) is 14.4. The van der Waals surface area contributed by atoms with Crippen molar-refractivity contribution in [2.75, 3.05) is 12.4 Å². The van der Waals surface area contributed by atoms with Gasteiger partial charge in [-0.1, -0.05) is 96.2 Å². The molecule has 1 N–H and O–H groups in total. The predicted molar refractivity (Wildman–Crippen MR) is 169 cm³/mol. The molecule has 1 fully saturated rings. The Labute approximate surface area is 249 Å². The molecule has 1 aromatic heterocycles. The summed E-state index contributed by atoms with van der Waals surface area (Å²) in [5.41, 5.74) is 6.06. The molecular weight excluding hydrogens is 536 g/mol. The summed E-state index contributed by atoms with van der Waals surface area (Å²) in [6.45, 7) is 0.391. The Kier molecular flexibility index (Phi) is 7.09. The zero-order valence-electron chi connectivity index (χ0n) is 23.7. The van der Waals surface area contributed by atoms with Crippen LogP contribution in [0.4, 0.5) is 5.88 Å². The first kappa shape index (κ1) is 26.5. The lowest BCUT2D eigenvalue weighted by atomic mass is 9.94. The summed E-state index contributed by atoms with van der Waals surface area (Å²) in [6, 6.07) is 38.5. The number of aromatic nitrogens is 1. The fourth-order valence-electron chi connectivity index (χ4n) is 5.37. The molecule has 0 spiro atoms. The number of anilines is 1. The summed E-state index contributed by atoms with van der Waals surface area (Å²) in [5, 5.41) is 9.87. The van der Waals surface area contributed by atoms with Gasteiger partial charge in [0.15, 0.2) is 0 Å². The maximum atomic E-state index is 12.9. The maximum Gasteiger partial charge on any atom is 0.239 e. The van der Waals surface area contributed by atoms with Crippen LogP contribution >= 0.6 is 0 Å². The summed E-state index contributed by atoms with van der Waals surface area (Å²) in [7, 11) is 1.64. The smallest absolute Gasteiger partial charge is 0.239 e. The molecule has 0 aliphatic heterocycles. The van der Waals surface area contributed by atoms with E-state index in [4.69, 9.17) is 14.0 Å². The Morgan fingerprint density at radius 2 is 1.58 bits per heavy atom. The van der Waals surface area contributed by atoms with Crippen molar-refractivity contribution in [3.05, 3.63) is 121 Å². The number of nitrogens with zero attached hydrogens (tertiary/aromatic N) is 1. The van der Waals surface area contributed by atoms with Crippen molar-refractivity contribution in [2.24, 2.45) is 5.92 Å². The predicted octanol–water partition coefficient (Wildman–Crippen LogP) is 8.76. The molecule has 6 heteroatoms. The zero-order chi connectivity index (χ0) is 29.2. The Morgan fingerprint density at radius 1 is 0.837 bits per heavy atom. The van der Waals surface area contributed by atoms with Gasteiger partial charge in [-0.15, -0.1) is 0 Å². The lowest BCUT2D eigenvalue weighted by molar-refractivity contribution is -0.117. The molecule has 0 saturated heterocycles. The molecule has 6 aromatic rings. The number of hydrogen-bond acceptors (Lipinski definition) is 5. The van der Waals surface area contributed by atoms with Gasteiger partial charge >= 0.3 is 0 Å². The van der Waals surface area contributed by atoms with Crippen LogP contribution in [0.25, 0.3) is 44.3 Å². The molecule has 1 heterocycles. The summed E-state index contributed by atoms with van der Waals surface area (Å²) < 4.78 is 17.7. The molecule has 43 heavy (non-hydrogen) atoms. The minimum Gasteiger partial charge on any atom is -0.497 e. The van der Waals surface area contributed by atoms with Gasteiger partial charge in [-0.25, -0.2) is 0 Å². The molecule has 6 nitrogen and oxygen atoms in total. The van der Waals surface area contributed by atoms with Crippen LogP contribution in [0, 0.1) is 5.92 Å². The number of fused-ring (bicyclic) bond motifs is 1. The molecule has 1 aliphatic carbocycles. The summed E-state index contributed by atoms with van der Waals surface area (Å²) in [4.78, 5) is 12.9. The van der Waals surface area contributed by atoms with Crippen LogP contribution in [0.2, 0.25) is 0 Å². The minimum absolute atomic E-state index is 0.0109. The lowest BCUT2D eigenvalue weighted by Crippen LogP contribution is -2.13.